The zero-order valence-corrected chi connectivity index (χ0v) is 20.8. The van der Waals surface area contributed by atoms with Crippen molar-refractivity contribution in [3.63, 3.8) is 0 Å². The summed E-state index contributed by atoms with van der Waals surface area (Å²) in [5.41, 5.74) is 9.73. The minimum absolute atomic E-state index is 0.0358. The highest BCUT2D eigenvalue weighted by Gasteiger charge is 2.17. The fourth-order valence-electron chi connectivity index (χ4n) is 3.95. The Morgan fingerprint density at radius 1 is 0.811 bits per heavy atom. The number of hydrogen-bond donors (Lipinski definition) is 4. The lowest BCUT2D eigenvalue weighted by Crippen LogP contribution is -2.34. The number of amidine groups is 1. The first-order valence-electron chi connectivity index (χ1n) is 11.5. The van der Waals surface area contributed by atoms with Gasteiger partial charge in [-0.2, -0.15) is 0 Å². The van der Waals surface area contributed by atoms with Gasteiger partial charge in [0.1, 0.15) is 5.84 Å². The maximum absolute atomic E-state index is 13.3. The molecule has 37 heavy (non-hydrogen) atoms. The van der Waals surface area contributed by atoms with Crippen LogP contribution in [0.2, 0.25) is 0 Å². The van der Waals surface area contributed by atoms with Crippen LogP contribution in [0.4, 0.5) is 10.5 Å². The Hall–Kier alpha value is -4.47. The molecule has 0 aromatic heterocycles. The number of rotatable bonds is 8. The maximum atomic E-state index is 13.3. The number of sulfonamides is 1. The lowest BCUT2D eigenvalue weighted by atomic mass is 10.1. The number of nitrogens with two attached hydrogens (primary N) is 2. The average molecular weight is 514 g/mol. The second-order valence-electron chi connectivity index (χ2n) is 8.50. The largest absolute Gasteiger partial charge is 0.384 e. The van der Waals surface area contributed by atoms with Crippen molar-refractivity contribution in [2.75, 3.05) is 5.32 Å². The van der Waals surface area contributed by atoms with Crippen molar-refractivity contribution in [3.05, 3.63) is 120 Å². The zero-order chi connectivity index (χ0) is 26.4. The molecule has 0 fully saturated rings. The molecule has 0 radical (unpaired) electrons. The predicted molar refractivity (Wildman–Crippen MR) is 145 cm³/mol. The van der Waals surface area contributed by atoms with Gasteiger partial charge < -0.3 is 16.0 Å². The molecule has 0 saturated heterocycles. The molecule has 8 nitrogen and oxygen atoms in total. The summed E-state index contributed by atoms with van der Waals surface area (Å²) < 4.78 is 23.9. The second kappa shape index (κ2) is 11.1. The number of carbonyl (C=O) groups excluding carboxylic acids is 1. The number of nitrogen functional groups attached to an aromatic ring is 1. The van der Waals surface area contributed by atoms with Gasteiger partial charge in [-0.25, -0.2) is 18.4 Å². The molecule has 0 aliphatic rings. The summed E-state index contributed by atoms with van der Waals surface area (Å²) in [5.74, 6) is -0.0370. The molecule has 0 aliphatic carbocycles. The van der Waals surface area contributed by atoms with E-state index < -0.39 is 10.0 Å². The maximum Gasteiger partial charge on any atom is 0.322 e. The van der Waals surface area contributed by atoms with Crippen LogP contribution < -0.4 is 16.2 Å². The molecule has 0 aliphatic heterocycles. The van der Waals surface area contributed by atoms with E-state index in [1.54, 1.807) is 59.5 Å². The fraction of sp³-hybridized carbons (Fsp3) is 0.0714. The van der Waals surface area contributed by atoms with Gasteiger partial charge in [-0.15, -0.1) is 0 Å². The van der Waals surface area contributed by atoms with E-state index in [2.05, 4.69) is 5.32 Å². The normalized spacial score (nSPS) is 11.1. The van der Waals surface area contributed by atoms with Crippen molar-refractivity contribution >= 4 is 27.6 Å². The molecule has 4 aromatic carbocycles. The third-order valence-corrected chi connectivity index (χ3v) is 6.72. The zero-order valence-electron chi connectivity index (χ0n) is 20.0. The summed E-state index contributed by atoms with van der Waals surface area (Å²) in [5, 5.41) is 16.0. The molecule has 4 aromatic rings. The highest BCUT2D eigenvalue weighted by Crippen LogP contribution is 2.27. The van der Waals surface area contributed by atoms with Crippen LogP contribution in [0, 0.1) is 5.41 Å². The van der Waals surface area contributed by atoms with E-state index >= 15 is 0 Å². The minimum atomic E-state index is -3.89. The van der Waals surface area contributed by atoms with Crippen molar-refractivity contribution < 1.29 is 13.2 Å². The quantitative estimate of drug-likeness (QED) is 0.203. The van der Waals surface area contributed by atoms with Crippen molar-refractivity contribution in [2.45, 2.75) is 18.0 Å². The lowest BCUT2D eigenvalue weighted by Gasteiger charge is -2.24. The Morgan fingerprint density at radius 2 is 1.43 bits per heavy atom. The Labute approximate surface area is 216 Å². The average Bonchev–Trinajstić information content (AvgIpc) is 2.89. The van der Waals surface area contributed by atoms with Gasteiger partial charge in [-0.1, -0.05) is 78.9 Å². The minimum Gasteiger partial charge on any atom is -0.384 e. The first kappa shape index (κ1) is 25.6. The van der Waals surface area contributed by atoms with Crippen molar-refractivity contribution in [1.82, 2.24) is 4.90 Å². The summed E-state index contributed by atoms with van der Waals surface area (Å²) in [6.45, 7) is 0.679. The van der Waals surface area contributed by atoms with Gasteiger partial charge >= 0.3 is 6.03 Å². The lowest BCUT2D eigenvalue weighted by molar-refractivity contribution is 0.206. The Balaban J connectivity index is 1.56. The number of anilines is 1. The first-order valence-corrected chi connectivity index (χ1v) is 13.0. The van der Waals surface area contributed by atoms with E-state index in [1.165, 1.54) is 6.07 Å². The van der Waals surface area contributed by atoms with Crippen LogP contribution >= 0.6 is 0 Å². The Kier molecular flexibility index (Phi) is 7.66. The Morgan fingerprint density at radius 3 is 2.11 bits per heavy atom. The monoisotopic (exact) mass is 513 g/mol. The van der Waals surface area contributed by atoms with Crippen LogP contribution in [0.5, 0.6) is 0 Å². The molecule has 188 valence electrons. The summed E-state index contributed by atoms with van der Waals surface area (Å²) in [6.07, 6.45) is 0. The smallest absolute Gasteiger partial charge is 0.322 e. The van der Waals surface area contributed by atoms with Crippen LogP contribution in [0.25, 0.3) is 11.1 Å². The van der Waals surface area contributed by atoms with E-state index in [-0.39, 0.29) is 16.8 Å². The molecule has 2 amide bonds. The molecule has 6 N–H and O–H groups in total. The van der Waals surface area contributed by atoms with Crippen LogP contribution in [-0.4, -0.2) is 25.2 Å². The van der Waals surface area contributed by atoms with Gasteiger partial charge in [-0.3, -0.25) is 5.41 Å². The summed E-state index contributed by atoms with van der Waals surface area (Å²) in [6, 6.07) is 30.0. The number of carbonyl (C=O) groups is 1. The van der Waals surface area contributed by atoms with Gasteiger partial charge in [0.15, 0.2) is 0 Å². The van der Waals surface area contributed by atoms with Gasteiger partial charge in [0.2, 0.25) is 10.0 Å². The molecule has 0 atom stereocenters. The number of amides is 2. The summed E-state index contributed by atoms with van der Waals surface area (Å²) in [4.78, 5) is 15.0. The van der Waals surface area contributed by atoms with Gasteiger partial charge in [0.25, 0.3) is 0 Å². The van der Waals surface area contributed by atoms with E-state index in [9.17, 15) is 13.2 Å². The van der Waals surface area contributed by atoms with Gasteiger partial charge in [-0.05, 0) is 41.0 Å². The third-order valence-electron chi connectivity index (χ3n) is 5.76. The number of nitrogens with one attached hydrogen (secondary N) is 2. The number of hydrogen-bond acceptors (Lipinski definition) is 4. The SMILES string of the molecule is N=C(N)c1cccc(CN(Cc2ccccc2)C(=O)Nc2ccc(-c3ccccc3S(N)(=O)=O)cc2)c1. The first-order chi connectivity index (χ1) is 17.7. The van der Waals surface area contributed by atoms with E-state index in [0.717, 1.165) is 11.1 Å². The number of benzene rings is 4. The molecule has 0 bridgehead atoms. The van der Waals surface area contributed by atoms with E-state index in [1.807, 2.05) is 42.5 Å². The van der Waals surface area contributed by atoms with Gasteiger partial charge in [0.05, 0.1) is 4.90 Å². The number of primary sulfonamides is 1. The predicted octanol–water partition coefficient (Wildman–Crippen LogP) is 4.52. The summed E-state index contributed by atoms with van der Waals surface area (Å²) in [7, 11) is -3.89. The highest BCUT2D eigenvalue weighted by molar-refractivity contribution is 7.89. The molecule has 4 rings (SSSR count). The fourth-order valence-corrected chi connectivity index (χ4v) is 4.71. The van der Waals surface area contributed by atoms with E-state index in [0.29, 0.717) is 35.5 Å². The number of urea groups is 1. The van der Waals surface area contributed by atoms with Gasteiger partial charge in [0, 0.05) is 29.9 Å². The molecular formula is C28H27N5O3S. The molecule has 0 heterocycles. The Bertz CT molecular complexity index is 1520. The van der Waals surface area contributed by atoms with Crippen LogP contribution in [0.15, 0.2) is 108 Å². The van der Waals surface area contributed by atoms with Crippen molar-refractivity contribution in [3.8, 4) is 11.1 Å². The second-order valence-corrected chi connectivity index (χ2v) is 10.0. The van der Waals surface area contributed by atoms with Crippen LogP contribution in [0.1, 0.15) is 16.7 Å². The van der Waals surface area contributed by atoms with E-state index in [4.69, 9.17) is 16.3 Å². The molecule has 0 saturated carbocycles. The molecular weight excluding hydrogens is 486 g/mol. The molecule has 9 heteroatoms. The van der Waals surface area contributed by atoms with Crippen molar-refractivity contribution in [2.24, 2.45) is 10.9 Å². The standard InChI is InChI=1S/C28H27N5O3S/c29-27(30)23-10-6-9-21(17-23)19-33(18-20-7-2-1-3-8-20)28(34)32-24-15-13-22(14-16-24)25-11-4-5-12-26(25)37(31,35)36/h1-17H,18-19H2,(H3,29,30)(H,32,34)(H2,31,35,36). The van der Waals surface area contributed by atoms with Crippen LogP contribution in [-0.2, 0) is 23.1 Å². The topological polar surface area (TPSA) is 142 Å². The van der Waals surface area contributed by atoms with Crippen molar-refractivity contribution in [1.29, 1.82) is 5.41 Å². The van der Waals surface area contributed by atoms with Crippen LogP contribution in [0.3, 0.4) is 0 Å². The summed E-state index contributed by atoms with van der Waals surface area (Å²) >= 11 is 0. The third kappa shape index (κ3) is 6.60. The number of nitrogens with zero attached hydrogens (tertiary/aromatic N) is 1. The highest BCUT2D eigenvalue weighted by atomic mass is 32.2. The molecule has 0 unspecified atom stereocenters. The molecule has 0 spiro atoms.